The van der Waals surface area contributed by atoms with Crippen LogP contribution < -0.4 is 0 Å². The number of carbonyl (C=O) groups excluding carboxylic acids is 3. The first-order valence-electron chi connectivity index (χ1n) is 7.80. The lowest BCUT2D eigenvalue weighted by molar-refractivity contribution is -0.149. The van der Waals surface area contributed by atoms with Gasteiger partial charge < -0.3 is 4.74 Å². The van der Waals surface area contributed by atoms with Gasteiger partial charge >= 0.3 is 5.97 Å². The minimum absolute atomic E-state index is 0.0620. The molecule has 28 heavy (non-hydrogen) atoms. The second kappa shape index (κ2) is 7.02. The number of amides is 2. The number of hydrogen-bond acceptors (Lipinski definition) is 4. The smallest absolute Gasteiger partial charge is 0.329 e. The molecular weight excluding hydrogens is 389 g/mol. The van der Waals surface area contributed by atoms with Crippen molar-refractivity contribution in [3.8, 4) is 0 Å². The zero-order valence-electron chi connectivity index (χ0n) is 14.1. The molecule has 3 rings (SSSR count). The largest absolute Gasteiger partial charge is 0.459 e. The Hall–Kier alpha value is -3.30. The molecular formula is C18H10F5NO4. The van der Waals surface area contributed by atoms with Crippen molar-refractivity contribution in [2.45, 2.75) is 19.6 Å². The summed E-state index contributed by atoms with van der Waals surface area (Å²) in [5.41, 5.74) is -1.22. The van der Waals surface area contributed by atoms with Gasteiger partial charge in [-0.3, -0.25) is 14.5 Å². The zero-order chi connectivity index (χ0) is 20.7. The number of rotatable bonds is 4. The second-order valence-electron chi connectivity index (χ2n) is 5.86. The molecule has 1 atom stereocenters. The van der Waals surface area contributed by atoms with Crippen LogP contribution in [0.2, 0.25) is 0 Å². The summed E-state index contributed by atoms with van der Waals surface area (Å²) in [7, 11) is 0. The van der Waals surface area contributed by atoms with Crippen molar-refractivity contribution in [3.05, 3.63) is 70.0 Å². The van der Waals surface area contributed by atoms with Crippen LogP contribution in [0.15, 0.2) is 24.3 Å². The lowest BCUT2D eigenvalue weighted by atomic mass is 10.1. The average molecular weight is 399 g/mol. The van der Waals surface area contributed by atoms with E-state index in [1.54, 1.807) is 0 Å². The molecule has 10 heteroatoms. The highest BCUT2D eigenvalue weighted by atomic mass is 19.2. The Morgan fingerprint density at radius 2 is 1.32 bits per heavy atom. The van der Waals surface area contributed by atoms with Crippen LogP contribution in [-0.2, 0) is 16.1 Å². The fourth-order valence-electron chi connectivity index (χ4n) is 2.71. The standard InChI is InChI=1S/C18H10F5NO4/c1-7(24-16(25)8-4-2-3-5-9(8)17(24)26)18(27)28-6-10-11(19)13(21)15(23)14(22)12(10)20/h2-5,7H,6H2,1H3/t7-/m1/s1. The van der Waals surface area contributed by atoms with Gasteiger partial charge in [-0.15, -0.1) is 0 Å². The molecule has 0 unspecified atom stereocenters. The Balaban J connectivity index is 1.79. The van der Waals surface area contributed by atoms with Gasteiger partial charge in [0, 0.05) is 0 Å². The molecule has 1 aliphatic rings. The van der Waals surface area contributed by atoms with Gasteiger partial charge in [0.15, 0.2) is 23.3 Å². The topological polar surface area (TPSA) is 63.7 Å². The van der Waals surface area contributed by atoms with Crippen LogP contribution in [0.1, 0.15) is 33.2 Å². The van der Waals surface area contributed by atoms with Crippen LogP contribution in [0.4, 0.5) is 22.0 Å². The van der Waals surface area contributed by atoms with Gasteiger partial charge in [0.2, 0.25) is 5.82 Å². The van der Waals surface area contributed by atoms with E-state index in [1.807, 2.05) is 0 Å². The summed E-state index contributed by atoms with van der Waals surface area (Å²) in [6.45, 7) is -0.152. The summed E-state index contributed by atoms with van der Waals surface area (Å²) in [6, 6.07) is 4.29. The van der Waals surface area contributed by atoms with Crippen molar-refractivity contribution < 1.29 is 41.1 Å². The third-order valence-corrected chi connectivity index (χ3v) is 4.21. The number of carbonyl (C=O) groups is 3. The van der Waals surface area contributed by atoms with Crippen LogP contribution in [0, 0.1) is 29.1 Å². The lowest BCUT2D eigenvalue weighted by Gasteiger charge is -2.21. The van der Waals surface area contributed by atoms with E-state index in [2.05, 4.69) is 4.74 Å². The molecule has 0 saturated carbocycles. The summed E-state index contributed by atoms with van der Waals surface area (Å²) >= 11 is 0. The molecule has 1 aliphatic heterocycles. The van der Waals surface area contributed by atoms with Crippen molar-refractivity contribution >= 4 is 17.8 Å². The Bertz CT molecular complexity index is 959. The number of halogens is 5. The Morgan fingerprint density at radius 1 is 0.893 bits per heavy atom. The summed E-state index contributed by atoms with van der Waals surface area (Å²) in [5, 5.41) is 0. The van der Waals surface area contributed by atoms with E-state index in [0.717, 1.165) is 6.92 Å². The van der Waals surface area contributed by atoms with Crippen LogP contribution in [0.3, 0.4) is 0 Å². The van der Waals surface area contributed by atoms with Crippen LogP contribution in [-0.4, -0.2) is 28.7 Å². The Labute approximate surface area is 154 Å². The third kappa shape index (κ3) is 2.90. The number of hydrogen-bond donors (Lipinski definition) is 0. The number of benzene rings is 2. The maximum absolute atomic E-state index is 13.6. The van der Waals surface area contributed by atoms with Crippen molar-refractivity contribution in [1.29, 1.82) is 0 Å². The molecule has 1 heterocycles. The van der Waals surface area contributed by atoms with Gasteiger partial charge in [0.05, 0.1) is 16.7 Å². The van der Waals surface area contributed by atoms with Gasteiger partial charge in [0.1, 0.15) is 12.6 Å². The predicted molar refractivity (Wildman–Crippen MR) is 82.4 cm³/mol. The Kier molecular flexibility index (Phi) is 4.88. The van der Waals surface area contributed by atoms with E-state index in [1.165, 1.54) is 24.3 Å². The minimum Gasteiger partial charge on any atom is -0.459 e. The fraction of sp³-hybridized carbons (Fsp3) is 0.167. The van der Waals surface area contributed by atoms with Gasteiger partial charge in [-0.1, -0.05) is 12.1 Å². The molecule has 0 aliphatic carbocycles. The first kappa shape index (κ1) is 19.5. The predicted octanol–water partition coefficient (Wildman–Crippen LogP) is 3.11. The molecule has 0 N–H and O–H groups in total. The van der Waals surface area contributed by atoms with Gasteiger partial charge in [-0.05, 0) is 19.1 Å². The van der Waals surface area contributed by atoms with E-state index in [-0.39, 0.29) is 11.1 Å². The number of fused-ring (bicyclic) bond motifs is 1. The van der Waals surface area contributed by atoms with E-state index in [4.69, 9.17) is 0 Å². The molecule has 0 radical (unpaired) electrons. The van der Waals surface area contributed by atoms with Crippen molar-refractivity contribution in [1.82, 2.24) is 4.90 Å². The monoisotopic (exact) mass is 399 g/mol. The van der Waals surface area contributed by atoms with E-state index < -0.39 is 65.1 Å². The lowest BCUT2D eigenvalue weighted by Crippen LogP contribution is -2.43. The molecule has 2 aromatic rings. The highest BCUT2D eigenvalue weighted by Gasteiger charge is 2.41. The molecule has 0 aromatic heterocycles. The van der Waals surface area contributed by atoms with Crippen molar-refractivity contribution in [3.63, 3.8) is 0 Å². The molecule has 2 aromatic carbocycles. The molecule has 0 saturated heterocycles. The summed E-state index contributed by atoms with van der Waals surface area (Å²) < 4.78 is 71.2. The maximum Gasteiger partial charge on any atom is 0.329 e. The third-order valence-electron chi connectivity index (χ3n) is 4.21. The Morgan fingerprint density at radius 3 is 1.79 bits per heavy atom. The first-order chi connectivity index (χ1) is 13.2. The normalized spacial score (nSPS) is 14.3. The number of imide groups is 1. The SMILES string of the molecule is C[C@H](C(=O)OCc1c(F)c(F)c(F)c(F)c1F)N1C(=O)c2ccccc2C1=O. The van der Waals surface area contributed by atoms with Crippen LogP contribution in [0.25, 0.3) is 0 Å². The molecule has 146 valence electrons. The second-order valence-corrected chi connectivity index (χ2v) is 5.86. The first-order valence-corrected chi connectivity index (χ1v) is 7.80. The fourth-order valence-corrected chi connectivity index (χ4v) is 2.71. The minimum atomic E-state index is -2.34. The molecule has 0 fully saturated rings. The molecule has 5 nitrogen and oxygen atoms in total. The van der Waals surface area contributed by atoms with Crippen LogP contribution in [0.5, 0.6) is 0 Å². The maximum atomic E-state index is 13.6. The number of nitrogens with zero attached hydrogens (tertiary/aromatic N) is 1. The zero-order valence-corrected chi connectivity index (χ0v) is 14.1. The quantitative estimate of drug-likeness (QED) is 0.261. The van der Waals surface area contributed by atoms with E-state index >= 15 is 0 Å². The molecule has 0 bridgehead atoms. The van der Waals surface area contributed by atoms with Gasteiger partial charge in [-0.2, -0.15) is 0 Å². The van der Waals surface area contributed by atoms with E-state index in [0.29, 0.717) is 4.90 Å². The van der Waals surface area contributed by atoms with Crippen molar-refractivity contribution in [2.75, 3.05) is 0 Å². The van der Waals surface area contributed by atoms with Crippen molar-refractivity contribution in [2.24, 2.45) is 0 Å². The average Bonchev–Trinajstić information content (AvgIpc) is 2.95. The summed E-state index contributed by atoms with van der Waals surface area (Å²) in [5.74, 6) is -13.8. The summed E-state index contributed by atoms with van der Waals surface area (Å²) in [4.78, 5) is 37.3. The molecule has 2 amide bonds. The highest BCUT2D eigenvalue weighted by Crippen LogP contribution is 2.26. The van der Waals surface area contributed by atoms with Crippen LogP contribution >= 0.6 is 0 Å². The highest BCUT2D eigenvalue weighted by molar-refractivity contribution is 6.22. The van der Waals surface area contributed by atoms with Gasteiger partial charge in [-0.25, -0.2) is 26.7 Å². The van der Waals surface area contributed by atoms with Gasteiger partial charge in [0.25, 0.3) is 11.8 Å². The summed E-state index contributed by atoms with van der Waals surface area (Å²) in [6.07, 6.45) is 0. The molecule has 0 spiro atoms. The van der Waals surface area contributed by atoms with E-state index in [9.17, 15) is 36.3 Å². The number of esters is 1. The number of ether oxygens (including phenoxy) is 1.